The fourth-order valence-electron chi connectivity index (χ4n) is 2.01. The minimum Gasteiger partial charge on any atom is -0.283 e. The molecule has 0 saturated carbocycles. The van der Waals surface area contributed by atoms with E-state index in [1.54, 1.807) is 0 Å². The first-order valence-corrected chi connectivity index (χ1v) is 8.48. The number of carbonyl (C=O) groups is 1. The summed E-state index contributed by atoms with van der Waals surface area (Å²) >= 11 is 5.18. The molecular formula is C14H20ClNO3S. The summed E-state index contributed by atoms with van der Waals surface area (Å²) in [6.07, 6.45) is 0. The van der Waals surface area contributed by atoms with Crippen LogP contribution in [0.25, 0.3) is 0 Å². The van der Waals surface area contributed by atoms with Gasteiger partial charge in [-0.2, -0.15) is 0 Å². The number of benzene rings is 1. The van der Waals surface area contributed by atoms with Gasteiger partial charge in [-0.05, 0) is 34.6 Å². The van der Waals surface area contributed by atoms with Gasteiger partial charge in [-0.1, -0.05) is 45.9 Å². The molecule has 0 aliphatic heterocycles. The van der Waals surface area contributed by atoms with E-state index in [0.29, 0.717) is 5.69 Å². The average molecular weight is 318 g/mol. The fraction of sp³-hybridized carbons (Fsp3) is 0.500. The fourth-order valence-corrected chi connectivity index (χ4v) is 3.36. The normalized spacial score (nSPS) is 11.9. The van der Waals surface area contributed by atoms with E-state index in [1.165, 1.54) is 0 Å². The molecule has 0 fully saturated rings. The van der Waals surface area contributed by atoms with E-state index in [-0.39, 0.29) is 11.8 Å². The maximum atomic E-state index is 11.9. The molecule has 0 radical (unpaired) electrons. The molecule has 1 rings (SSSR count). The third-order valence-electron chi connectivity index (χ3n) is 2.93. The van der Waals surface area contributed by atoms with Crippen molar-refractivity contribution < 1.29 is 13.2 Å². The highest BCUT2D eigenvalue weighted by atomic mass is 35.5. The Morgan fingerprint density at radius 2 is 1.60 bits per heavy atom. The molecule has 0 spiro atoms. The second-order valence-corrected chi connectivity index (χ2v) is 7.48. The van der Waals surface area contributed by atoms with Crippen molar-refractivity contribution in [3.63, 3.8) is 0 Å². The molecule has 0 aromatic heterocycles. The molecule has 0 aliphatic carbocycles. The molecule has 112 valence electrons. The van der Waals surface area contributed by atoms with Gasteiger partial charge in [-0.15, -0.1) is 0 Å². The third kappa shape index (κ3) is 4.49. The molecule has 20 heavy (non-hydrogen) atoms. The van der Waals surface area contributed by atoms with Crippen LogP contribution in [0.4, 0.5) is 5.69 Å². The van der Waals surface area contributed by atoms with Crippen molar-refractivity contribution in [3.8, 4) is 0 Å². The van der Waals surface area contributed by atoms with Crippen LogP contribution in [0.15, 0.2) is 18.2 Å². The molecule has 0 saturated heterocycles. The highest BCUT2D eigenvalue weighted by Gasteiger charge is 2.20. The van der Waals surface area contributed by atoms with Gasteiger partial charge in [0.15, 0.2) is 0 Å². The first kappa shape index (κ1) is 17.0. The SMILES string of the molecule is CC(C)c1cccc(C(C)C)c1NS(=O)(=O)CC(=O)Cl. The Hall–Kier alpha value is -1.07. The Balaban J connectivity index is 3.31. The van der Waals surface area contributed by atoms with E-state index in [9.17, 15) is 13.2 Å². The Morgan fingerprint density at radius 1 is 1.15 bits per heavy atom. The van der Waals surface area contributed by atoms with Crippen LogP contribution in [0.5, 0.6) is 0 Å². The van der Waals surface area contributed by atoms with Gasteiger partial charge in [0, 0.05) is 0 Å². The molecule has 1 aromatic rings. The first-order chi connectivity index (χ1) is 9.14. The van der Waals surface area contributed by atoms with Crippen molar-refractivity contribution >= 4 is 32.6 Å². The summed E-state index contributed by atoms with van der Waals surface area (Å²) in [6.45, 7) is 7.96. The van der Waals surface area contributed by atoms with Crippen LogP contribution in [-0.2, 0) is 14.8 Å². The van der Waals surface area contributed by atoms with Gasteiger partial charge in [0.25, 0.3) is 0 Å². The van der Waals surface area contributed by atoms with Gasteiger partial charge in [-0.25, -0.2) is 8.42 Å². The largest absolute Gasteiger partial charge is 0.283 e. The topological polar surface area (TPSA) is 63.2 Å². The lowest BCUT2D eigenvalue weighted by Gasteiger charge is -2.20. The maximum absolute atomic E-state index is 11.9. The lowest BCUT2D eigenvalue weighted by Crippen LogP contribution is -2.22. The second kappa shape index (κ2) is 6.59. The maximum Gasteiger partial charge on any atom is 0.241 e. The van der Waals surface area contributed by atoms with Crippen molar-refractivity contribution in [3.05, 3.63) is 29.3 Å². The van der Waals surface area contributed by atoms with Crippen LogP contribution in [0.3, 0.4) is 0 Å². The summed E-state index contributed by atoms with van der Waals surface area (Å²) in [5.74, 6) is -0.394. The predicted molar refractivity (Wildman–Crippen MR) is 82.9 cm³/mol. The number of rotatable bonds is 6. The van der Waals surface area contributed by atoms with Crippen molar-refractivity contribution in [2.45, 2.75) is 39.5 Å². The van der Waals surface area contributed by atoms with Gasteiger partial charge in [0.2, 0.25) is 15.3 Å². The lowest BCUT2D eigenvalue weighted by atomic mass is 9.93. The molecule has 4 nitrogen and oxygen atoms in total. The van der Waals surface area contributed by atoms with Crippen molar-refractivity contribution in [2.24, 2.45) is 0 Å². The molecule has 0 amide bonds. The average Bonchev–Trinajstić information content (AvgIpc) is 2.25. The molecule has 0 bridgehead atoms. The third-order valence-corrected chi connectivity index (χ3v) is 4.38. The number of nitrogens with one attached hydrogen (secondary N) is 1. The van der Waals surface area contributed by atoms with E-state index in [2.05, 4.69) is 4.72 Å². The molecule has 1 aromatic carbocycles. The van der Waals surface area contributed by atoms with E-state index < -0.39 is 21.0 Å². The molecule has 0 atom stereocenters. The number of halogens is 1. The summed E-state index contributed by atoms with van der Waals surface area (Å²) in [7, 11) is -3.78. The van der Waals surface area contributed by atoms with Crippen LogP contribution in [-0.4, -0.2) is 19.4 Å². The smallest absolute Gasteiger partial charge is 0.241 e. The molecule has 1 N–H and O–H groups in total. The highest BCUT2D eigenvalue weighted by molar-refractivity contribution is 7.93. The first-order valence-electron chi connectivity index (χ1n) is 6.45. The van der Waals surface area contributed by atoms with Crippen LogP contribution in [0.2, 0.25) is 0 Å². The van der Waals surface area contributed by atoms with Gasteiger partial charge in [0.05, 0.1) is 5.69 Å². The van der Waals surface area contributed by atoms with Crippen molar-refractivity contribution in [1.82, 2.24) is 0 Å². The summed E-state index contributed by atoms with van der Waals surface area (Å²) in [6, 6.07) is 5.68. The molecule has 0 heterocycles. The Labute approximate surface area is 125 Å². The van der Waals surface area contributed by atoms with Gasteiger partial charge < -0.3 is 0 Å². The van der Waals surface area contributed by atoms with Crippen LogP contribution >= 0.6 is 11.6 Å². The van der Waals surface area contributed by atoms with E-state index >= 15 is 0 Å². The van der Waals surface area contributed by atoms with Crippen LogP contribution in [0.1, 0.15) is 50.7 Å². The Morgan fingerprint density at radius 3 is 1.95 bits per heavy atom. The monoisotopic (exact) mass is 317 g/mol. The molecule has 0 unspecified atom stereocenters. The number of carbonyl (C=O) groups excluding carboxylic acids is 1. The minimum atomic E-state index is -3.78. The van der Waals surface area contributed by atoms with Gasteiger partial charge >= 0.3 is 0 Å². The van der Waals surface area contributed by atoms with Crippen molar-refractivity contribution in [2.75, 3.05) is 10.5 Å². The quantitative estimate of drug-likeness (QED) is 0.817. The summed E-state index contributed by atoms with van der Waals surface area (Å²) < 4.78 is 26.4. The number of anilines is 1. The van der Waals surface area contributed by atoms with Gasteiger partial charge in [-0.3, -0.25) is 9.52 Å². The Kier molecular flexibility index (Phi) is 5.59. The lowest BCUT2D eigenvalue weighted by molar-refractivity contribution is -0.109. The summed E-state index contributed by atoms with van der Waals surface area (Å²) in [4.78, 5) is 10.8. The number of hydrogen-bond donors (Lipinski definition) is 1. The van der Waals surface area contributed by atoms with E-state index in [0.717, 1.165) is 11.1 Å². The molecule has 6 heteroatoms. The Bertz CT molecular complexity index is 568. The van der Waals surface area contributed by atoms with Crippen LogP contribution < -0.4 is 4.72 Å². The minimum absolute atomic E-state index is 0.165. The highest BCUT2D eigenvalue weighted by Crippen LogP contribution is 2.33. The second-order valence-electron chi connectivity index (χ2n) is 5.34. The zero-order chi connectivity index (χ0) is 15.5. The zero-order valence-corrected chi connectivity index (χ0v) is 13.7. The molecule has 0 aliphatic rings. The zero-order valence-electron chi connectivity index (χ0n) is 12.1. The van der Waals surface area contributed by atoms with Crippen LogP contribution in [0, 0.1) is 0 Å². The number of hydrogen-bond acceptors (Lipinski definition) is 3. The number of sulfonamides is 1. The van der Waals surface area contributed by atoms with E-state index in [4.69, 9.17) is 11.6 Å². The predicted octanol–water partition coefficient (Wildman–Crippen LogP) is 3.44. The van der Waals surface area contributed by atoms with Gasteiger partial charge in [0.1, 0.15) is 5.75 Å². The standard InChI is InChI=1S/C14H20ClNO3S/c1-9(2)11-6-5-7-12(10(3)4)14(11)16-20(18,19)8-13(15)17/h5-7,9-10,16H,8H2,1-4H3. The van der Waals surface area contributed by atoms with Crippen molar-refractivity contribution in [1.29, 1.82) is 0 Å². The number of para-hydroxylation sites is 1. The molecular weight excluding hydrogens is 298 g/mol. The van der Waals surface area contributed by atoms with E-state index in [1.807, 2.05) is 45.9 Å². The summed E-state index contributed by atoms with van der Waals surface area (Å²) in [5.41, 5.74) is 2.37. The summed E-state index contributed by atoms with van der Waals surface area (Å²) in [5, 5.41) is -0.898.